The fraction of sp³-hybridized carbons (Fsp3) is 0.667. The first-order chi connectivity index (χ1) is 9.59. The molecule has 1 aliphatic rings. The third-order valence-electron chi connectivity index (χ3n) is 4.62. The van der Waals surface area contributed by atoms with Crippen molar-refractivity contribution in [1.82, 2.24) is 10.2 Å². The van der Waals surface area contributed by atoms with E-state index in [9.17, 15) is 0 Å². The second-order valence-electron chi connectivity index (χ2n) is 6.56. The maximum Gasteiger partial charge on any atom is 0.0352 e. The molecule has 4 heteroatoms. The van der Waals surface area contributed by atoms with Gasteiger partial charge in [0.05, 0.1) is 0 Å². The lowest BCUT2D eigenvalue weighted by Gasteiger charge is -2.36. The Morgan fingerprint density at radius 2 is 1.68 bits per heavy atom. The standard InChI is InChI=1S/C18H30N2.2ClH/c1-14(2)8-9-18(20-12-10-19-11-13-20)17-7-5-6-15(3)16(17)4;;/h5-7,14,18-19H,8-13H2,1-4H3;2*1H/t18-;;/m0../s1. The van der Waals surface area contributed by atoms with Crippen LogP contribution in [0.3, 0.4) is 0 Å². The lowest BCUT2D eigenvalue weighted by molar-refractivity contribution is 0.159. The average molecular weight is 347 g/mol. The van der Waals surface area contributed by atoms with Gasteiger partial charge in [-0.05, 0) is 49.3 Å². The Morgan fingerprint density at radius 1 is 1.05 bits per heavy atom. The highest BCUT2D eigenvalue weighted by Gasteiger charge is 2.23. The van der Waals surface area contributed by atoms with Crippen molar-refractivity contribution in [2.24, 2.45) is 5.92 Å². The van der Waals surface area contributed by atoms with Crippen LogP contribution >= 0.6 is 24.8 Å². The Hall–Kier alpha value is -0.280. The summed E-state index contributed by atoms with van der Waals surface area (Å²) in [7, 11) is 0. The van der Waals surface area contributed by atoms with Gasteiger partial charge in [-0.25, -0.2) is 0 Å². The van der Waals surface area contributed by atoms with Gasteiger partial charge in [0, 0.05) is 32.2 Å². The molecule has 0 unspecified atom stereocenters. The fourth-order valence-electron chi connectivity index (χ4n) is 3.15. The van der Waals surface area contributed by atoms with Gasteiger partial charge in [-0.2, -0.15) is 0 Å². The van der Waals surface area contributed by atoms with Crippen LogP contribution in [0.15, 0.2) is 18.2 Å². The molecule has 2 nitrogen and oxygen atoms in total. The predicted octanol–water partition coefficient (Wildman–Crippen LogP) is 4.53. The zero-order chi connectivity index (χ0) is 14.5. The van der Waals surface area contributed by atoms with E-state index in [2.05, 4.69) is 56.1 Å². The number of nitrogens with zero attached hydrogens (tertiary/aromatic N) is 1. The molecule has 0 radical (unpaired) electrons. The second kappa shape index (κ2) is 10.5. The van der Waals surface area contributed by atoms with Crippen molar-refractivity contribution in [3.63, 3.8) is 0 Å². The molecule has 0 bridgehead atoms. The zero-order valence-electron chi connectivity index (χ0n) is 14.4. The number of aryl methyl sites for hydroxylation is 1. The lowest BCUT2D eigenvalue weighted by Crippen LogP contribution is -2.45. The molecule has 0 spiro atoms. The molecule has 0 amide bonds. The molecular formula is C18H32Cl2N2. The Balaban J connectivity index is 0.00000220. The normalized spacial score (nSPS) is 16.8. The molecule has 128 valence electrons. The van der Waals surface area contributed by atoms with Gasteiger partial charge in [-0.1, -0.05) is 32.0 Å². The first-order valence-electron chi connectivity index (χ1n) is 8.10. The Labute approximate surface area is 148 Å². The van der Waals surface area contributed by atoms with Crippen LogP contribution in [0.5, 0.6) is 0 Å². The summed E-state index contributed by atoms with van der Waals surface area (Å²) in [6.45, 7) is 13.8. The van der Waals surface area contributed by atoms with E-state index in [1.54, 1.807) is 5.56 Å². The third kappa shape index (κ3) is 5.73. The third-order valence-corrected chi connectivity index (χ3v) is 4.62. The largest absolute Gasteiger partial charge is 0.314 e. The number of hydrogen-bond acceptors (Lipinski definition) is 2. The van der Waals surface area contributed by atoms with Crippen molar-refractivity contribution >= 4 is 24.8 Å². The van der Waals surface area contributed by atoms with E-state index in [1.807, 2.05) is 0 Å². The summed E-state index contributed by atoms with van der Waals surface area (Å²) in [4.78, 5) is 2.68. The molecule has 1 saturated heterocycles. The van der Waals surface area contributed by atoms with E-state index in [1.165, 1.54) is 37.1 Å². The van der Waals surface area contributed by atoms with Crippen LogP contribution < -0.4 is 5.32 Å². The molecular weight excluding hydrogens is 315 g/mol. The van der Waals surface area contributed by atoms with Gasteiger partial charge < -0.3 is 5.32 Å². The highest BCUT2D eigenvalue weighted by molar-refractivity contribution is 5.85. The quantitative estimate of drug-likeness (QED) is 0.842. The molecule has 0 aromatic heterocycles. The second-order valence-corrected chi connectivity index (χ2v) is 6.56. The molecule has 1 heterocycles. The van der Waals surface area contributed by atoms with Crippen LogP contribution in [-0.2, 0) is 0 Å². The van der Waals surface area contributed by atoms with Crippen LogP contribution in [0.1, 0.15) is 49.4 Å². The Kier molecular flexibility index (Phi) is 10.4. The first-order valence-corrected chi connectivity index (χ1v) is 8.10. The topological polar surface area (TPSA) is 15.3 Å². The molecule has 2 rings (SSSR count). The van der Waals surface area contributed by atoms with Crippen molar-refractivity contribution in [1.29, 1.82) is 0 Å². The summed E-state index contributed by atoms with van der Waals surface area (Å²) < 4.78 is 0. The first kappa shape index (κ1) is 21.7. The molecule has 1 N–H and O–H groups in total. The molecule has 1 aromatic carbocycles. The van der Waals surface area contributed by atoms with E-state index in [0.717, 1.165) is 19.0 Å². The monoisotopic (exact) mass is 346 g/mol. The molecule has 0 saturated carbocycles. The van der Waals surface area contributed by atoms with E-state index < -0.39 is 0 Å². The number of nitrogens with one attached hydrogen (secondary N) is 1. The molecule has 1 aromatic rings. The average Bonchev–Trinajstić information content (AvgIpc) is 2.44. The Bertz CT molecular complexity index is 429. The van der Waals surface area contributed by atoms with Crippen molar-refractivity contribution in [3.05, 3.63) is 34.9 Å². The van der Waals surface area contributed by atoms with Gasteiger partial charge in [0.1, 0.15) is 0 Å². The van der Waals surface area contributed by atoms with Crippen LogP contribution in [0.2, 0.25) is 0 Å². The summed E-state index contributed by atoms with van der Waals surface area (Å²) in [5, 5.41) is 3.47. The summed E-state index contributed by atoms with van der Waals surface area (Å²) in [6, 6.07) is 7.40. The van der Waals surface area contributed by atoms with Gasteiger partial charge in [0.15, 0.2) is 0 Å². The van der Waals surface area contributed by atoms with Gasteiger partial charge in [-0.15, -0.1) is 24.8 Å². The summed E-state index contributed by atoms with van der Waals surface area (Å²) in [5.41, 5.74) is 4.46. The van der Waals surface area contributed by atoms with Crippen molar-refractivity contribution < 1.29 is 0 Å². The smallest absolute Gasteiger partial charge is 0.0352 e. The number of benzene rings is 1. The van der Waals surface area contributed by atoms with Crippen LogP contribution in [0, 0.1) is 19.8 Å². The predicted molar refractivity (Wildman–Crippen MR) is 102 cm³/mol. The number of halogens is 2. The zero-order valence-corrected chi connectivity index (χ0v) is 16.0. The van der Waals surface area contributed by atoms with E-state index in [-0.39, 0.29) is 24.8 Å². The van der Waals surface area contributed by atoms with Crippen LogP contribution in [0.4, 0.5) is 0 Å². The van der Waals surface area contributed by atoms with E-state index in [4.69, 9.17) is 0 Å². The maximum absolute atomic E-state index is 3.47. The van der Waals surface area contributed by atoms with Crippen molar-refractivity contribution in [3.8, 4) is 0 Å². The van der Waals surface area contributed by atoms with Gasteiger partial charge >= 0.3 is 0 Å². The minimum Gasteiger partial charge on any atom is -0.314 e. The minimum absolute atomic E-state index is 0. The fourth-order valence-corrected chi connectivity index (χ4v) is 3.15. The van der Waals surface area contributed by atoms with Crippen molar-refractivity contribution in [2.45, 2.75) is 46.6 Å². The maximum atomic E-state index is 3.47. The number of piperazine rings is 1. The summed E-state index contributed by atoms with van der Waals surface area (Å²) in [6.07, 6.45) is 2.59. The number of rotatable bonds is 5. The van der Waals surface area contributed by atoms with E-state index >= 15 is 0 Å². The molecule has 1 aliphatic heterocycles. The molecule has 22 heavy (non-hydrogen) atoms. The molecule has 1 fully saturated rings. The molecule has 1 atom stereocenters. The van der Waals surface area contributed by atoms with Crippen molar-refractivity contribution in [2.75, 3.05) is 26.2 Å². The van der Waals surface area contributed by atoms with Crippen LogP contribution in [0.25, 0.3) is 0 Å². The Morgan fingerprint density at radius 3 is 2.27 bits per heavy atom. The molecule has 0 aliphatic carbocycles. The van der Waals surface area contributed by atoms with Gasteiger partial charge in [0.25, 0.3) is 0 Å². The number of hydrogen-bond donors (Lipinski definition) is 1. The summed E-state index contributed by atoms with van der Waals surface area (Å²) in [5.74, 6) is 0.783. The van der Waals surface area contributed by atoms with Gasteiger partial charge in [0.2, 0.25) is 0 Å². The lowest BCUT2D eigenvalue weighted by atomic mass is 9.91. The highest BCUT2D eigenvalue weighted by atomic mass is 35.5. The minimum atomic E-state index is 0. The SMILES string of the molecule is Cc1cccc([C@H](CCC(C)C)N2CCNCC2)c1C.Cl.Cl. The van der Waals surface area contributed by atoms with Crippen LogP contribution in [-0.4, -0.2) is 31.1 Å². The summed E-state index contributed by atoms with van der Waals surface area (Å²) >= 11 is 0. The highest BCUT2D eigenvalue weighted by Crippen LogP contribution is 2.31. The van der Waals surface area contributed by atoms with Gasteiger partial charge in [-0.3, -0.25) is 4.90 Å². The van der Waals surface area contributed by atoms with E-state index in [0.29, 0.717) is 6.04 Å².